The van der Waals surface area contributed by atoms with Crippen LogP contribution in [0.25, 0.3) is 0 Å². The molecule has 0 aromatic carbocycles. The fourth-order valence-electron chi connectivity index (χ4n) is 4.35. The van der Waals surface area contributed by atoms with Crippen LogP contribution in [0.3, 0.4) is 0 Å². The molecule has 3 rings (SSSR count). The van der Waals surface area contributed by atoms with Crippen molar-refractivity contribution >= 4 is 11.7 Å². The third kappa shape index (κ3) is 3.47. The van der Waals surface area contributed by atoms with Crippen molar-refractivity contribution in [2.75, 3.05) is 26.2 Å². The number of amides is 1. The third-order valence-corrected chi connectivity index (χ3v) is 5.53. The molecule has 1 amide bonds. The molecule has 2 saturated heterocycles. The third-order valence-electron chi connectivity index (χ3n) is 5.53. The maximum Gasteiger partial charge on any atom is 0.236 e. The summed E-state index contributed by atoms with van der Waals surface area (Å²) < 4.78 is 0. The van der Waals surface area contributed by atoms with Gasteiger partial charge >= 0.3 is 0 Å². The van der Waals surface area contributed by atoms with Crippen molar-refractivity contribution in [2.45, 2.75) is 63.8 Å². The molecule has 0 bridgehead atoms. The molecule has 4 nitrogen and oxygen atoms in total. The predicted molar refractivity (Wildman–Crippen MR) is 82.0 cm³/mol. The summed E-state index contributed by atoms with van der Waals surface area (Å²) in [5.74, 6) is 0.938. The molecule has 2 aliphatic heterocycles. The van der Waals surface area contributed by atoms with E-state index in [1.54, 1.807) is 0 Å². The van der Waals surface area contributed by atoms with Gasteiger partial charge in [-0.2, -0.15) is 0 Å². The number of Topliss-reactive ketones (excluding diaryl/α,β-unsaturated/α-hetero) is 1. The number of ketones is 1. The van der Waals surface area contributed by atoms with E-state index in [0.717, 1.165) is 64.6 Å². The fourth-order valence-corrected chi connectivity index (χ4v) is 4.35. The molecule has 3 fully saturated rings. The van der Waals surface area contributed by atoms with Gasteiger partial charge in [-0.05, 0) is 45.1 Å². The van der Waals surface area contributed by atoms with Gasteiger partial charge in [0.05, 0.1) is 6.54 Å². The molecule has 0 spiro atoms. The lowest BCUT2D eigenvalue weighted by Crippen LogP contribution is -2.45. The fraction of sp³-hybridized carbons (Fsp3) is 0.882. The van der Waals surface area contributed by atoms with Crippen LogP contribution < -0.4 is 0 Å². The van der Waals surface area contributed by atoms with Crippen LogP contribution >= 0.6 is 0 Å². The first-order valence-corrected chi connectivity index (χ1v) is 8.80. The Morgan fingerprint density at radius 2 is 1.71 bits per heavy atom. The van der Waals surface area contributed by atoms with Gasteiger partial charge in [0.1, 0.15) is 5.78 Å². The monoisotopic (exact) mass is 292 g/mol. The van der Waals surface area contributed by atoms with Crippen molar-refractivity contribution in [1.29, 1.82) is 0 Å². The molecule has 0 aromatic rings. The summed E-state index contributed by atoms with van der Waals surface area (Å²) in [5.41, 5.74) is 0. The van der Waals surface area contributed by atoms with Crippen LogP contribution in [-0.4, -0.2) is 53.7 Å². The van der Waals surface area contributed by atoms with E-state index in [-0.39, 0.29) is 11.8 Å². The van der Waals surface area contributed by atoms with Gasteiger partial charge in [0.15, 0.2) is 0 Å². The molecule has 3 aliphatic rings. The van der Waals surface area contributed by atoms with Crippen LogP contribution in [0.2, 0.25) is 0 Å². The summed E-state index contributed by atoms with van der Waals surface area (Å²) in [4.78, 5) is 28.9. The lowest BCUT2D eigenvalue weighted by Gasteiger charge is -2.30. The average Bonchev–Trinajstić information content (AvgIpc) is 2.99. The van der Waals surface area contributed by atoms with Gasteiger partial charge in [0.2, 0.25) is 5.91 Å². The Kier molecular flexibility index (Phi) is 4.94. The zero-order valence-electron chi connectivity index (χ0n) is 13.1. The number of rotatable bonds is 3. The van der Waals surface area contributed by atoms with Gasteiger partial charge in [-0.3, -0.25) is 14.5 Å². The molecule has 4 heteroatoms. The van der Waals surface area contributed by atoms with Crippen molar-refractivity contribution in [2.24, 2.45) is 5.92 Å². The number of likely N-dealkylation sites (tertiary alicyclic amines) is 2. The Morgan fingerprint density at radius 1 is 0.952 bits per heavy atom. The second-order valence-electron chi connectivity index (χ2n) is 6.94. The molecule has 0 N–H and O–H groups in total. The molecule has 21 heavy (non-hydrogen) atoms. The van der Waals surface area contributed by atoms with Gasteiger partial charge in [-0.25, -0.2) is 0 Å². The Hall–Kier alpha value is -0.900. The second kappa shape index (κ2) is 6.91. The van der Waals surface area contributed by atoms with Crippen molar-refractivity contribution in [3.05, 3.63) is 0 Å². The first kappa shape index (κ1) is 15.0. The van der Waals surface area contributed by atoms with E-state index in [1.165, 1.54) is 12.8 Å². The predicted octanol–water partition coefficient (Wildman–Crippen LogP) is 2.22. The van der Waals surface area contributed by atoms with Crippen LogP contribution in [0.4, 0.5) is 0 Å². The molecule has 1 saturated carbocycles. The Labute approximate surface area is 127 Å². The second-order valence-corrected chi connectivity index (χ2v) is 6.94. The van der Waals surface area contributed by atoms with E-state index in [2.05, 4.69) is 9.80 Å². The smallest absolute Gasteiger partial charge is 0.236 e. The van der Waals surface area contributed by atoms with Crippen LogP contribution in [0.15, 0.2) is 0 Å². The van der Waals surface area contributed by atoms with Crippen molar-refractivity contribution in [1.82, 2.24) is 9.80 Å². The number of nitrogens with zero attached hydrogens (tertiary/aromatic N) is 2. The van der Waals surface area contributed by atoms with E-state index in [0.29, 0.717) is 18.4 Å². The molecule has 2 unspecified atom stereocenters. The van der Waals surface area contributed by atoms with Gasteiger partial charge in [-0.1, -0.05) is 12.8 Å². The summed E-state index contributed by atoms with van der Waals surface area (Å²) in [6.07, 6.45) is 9.90. The summed E-state index contributed by atoms with van der Waals surface area (Å²) in [5, 5.41) is 0. The van der Waals surface area contributed by atoms with Gasteiger partial charge in [0, 0.05) is 31.5 Å². The SMILES string of the molecule is O=C1CCCC1C1CCCN1CC(=O)N1CCCCCC1. The Morgan fingerprint density at radius 3 is 2.38 bits per heavy atom. The molecular formula is C17H28N2O2. The molecule has 0 aromatic heterocycles. The highest BCUT2D eigenvalue weighted by atomic mass is 16.2. The standard InChI is InChI=1S/C17H28N2O2/c20-16-9-5-7-14(16)15-8-6-12-19(15)13-17(21)18-10-3-1-2-4-11-18/h14-15H,1-13H2. The normalized spacial score (nSPS) is 31.6. The van der Waals surface area contributed by atoms with Crippen LogP contribution in [0.5, 0.6) is 0 Å². The van der Waals surface area contributed by atoms with Gasteiger partial charge in [-0.15, -0.1) is 0 Å². The van der Waals surface area contributed by atoms with Crippen LogP contribution in [0, 0.1) is 5.92 Å². The minimum Gasteiger partial charge on any atom is -0.342 e. The van der Waals surface area contributed by atoms with E-state index in [4.69, 9.17) is 0 Å². The topological polar surface area (TPSA) is 40.6 Å². The summed E-state index contributed by atoms with van der Waals surface area (Å²) >= 11 is 0. The molecular weight excluding hydrogens is 264 g/mol. The Bertz CT molecular complexity index is 388. The summed E-state index contributed by atoms with van der Waals surface area (Å²) in [6.45, 7) is 3.39. The minimum absolute atomic E-state index is 0.212. The summed E-state index contributed by atoms with van der Waals surface area (Å²) in [7, 11) is 0. The molecule has 118 valence electrons. The quantitative estimate of drug-likeness (QED) is 0.801. The van der Waals surface area contributed by atoms with Crippen LogP contribution in [-0.2, 0) is 9.59 Å². The van der Waals surface area contributed by atoms with E-state index in [1.807, 2.05) is 0 Å². The van der Waals surface area contributed by atoms with Gasteiger partial charge in [0.25, 0.3) is 0 Å². The number of carbonyl (C=O) groups excluding carboxylic acids is 2. The molecule has 0 radical (unpaired) electrons. The highest BCUT2D eigenvalue weighted by molar-refractivity contribution is 5.84. The number of hydrogen-bond donors (Lipinski definition) is 0. The zero-order chi connectivity index (χ0) is 14.7. The van der Waals surface area contributed by atoms with Crippen molar-refractivity contribution in [3.63, 3.8) is 0 Å². The first-order chi connectivity index (χ1) is 10.3. The lowest BCUT2D eigenvalue weighted by molar-refractivity contribution is -0.133. The van der Waals surface area contributed by atoms with Crippen molar-refractivity contribution < 1.29 is 9.59 Å². The maximum atomic E-state index is 12.5. The van der Waals surface area contributed by atoms with E-state index < -0.39 is 0 Å². The average molecular weight is 292 g/mol. The zero-order valence-corrected chi connectivity index (χ0v) is 13.1. The largest absolute Gasteiger partial charge is 0.342 e. The highest BCUT2D eigenvalue weighted by Crippen LogP contribution is 2.33. The molecule has 1 aliphatic carbocycles. The molecule has 2 heterocycles. The van der Waals surface area contributed by atoms with E-state index in [9.17, 15) is 9.59 Å². The van der Waals surface area contributed by atoms with E-state index >= 15 is 0 Å². The summed E-state index contributed by atoms with van der Waals surface area (Å²) in [6, 6.07) is 0.343. The first-order valence-electron chi connectivity index (χ1n) is 8.80. The lowest BCUT2D eigenvalue weighted by atomic mass is 9.95. The van der Waals surface area contributed by atoms with Crippen LogP contribution in [0.1, 0.15) is 57.8 Å². The number of hydrogen-bond acceptors (Lipinski definition) is 3. The van der Waals surface area contributed by atoms with Crippen molar-refractivity contribution in [3.8, 4) is 0 Å². The number of carbonyl (C=O) groups is 2. The minimum atomic E-state index is 0.212. The maximum absolute atomic E-state index is 12.5. The highest BCUT2D eigenvalue weighted by Gasteiger charge is 2.38. The Balaban J connectivity index is 1.57. The molecule has 2 atom stereocenters. The van der Waals surface area contributed by atoms with Gasteiger partial charge < -0.3 is 4.90 Å².